The van der Waals surface area contributed by atoms with Crippen molar-refractivity contribution in [2.45, 2.75) is 6.42 Å². The van der Waals surface area contributed by atoms with Crippen LogP contribution >= 0.6 is 0 Å². The molecular weight excluding hydrogens is 328 g/mol. The number of amides is 2. The number of anilines is 1. The van der Waals surface area contributed by atoms with E-state index in [0.29, 0.717) is 32.7 Å². The zero-order chi connectivity index (χ0) is 18.0. The summed E-state index contributed by atoms with van der Waals surface area (Å²) in [5, 5.41) is 0. The van der Waals surface area contributed by atoms with Crippen molar-refractivity contribution in [2.75, 3.05) is 44.2 Å². The van der Waals surface area contributed by atoms with Crippen LogP contribution in [0.2, 0.25) is 0 Å². The van der Waals surface area contributed by atoms with Crippen LogP contribution in [0.5, 0.6) is 0 Å². The van der Waals surface area contributed by atoms with Crippen LogP contribution in [0, 0.1) is 29.9 Å². The van der Waals surface area contributed by atoms with Crippen LogP contribution in [0.3, 0.4) is 0 Å². The second kappa shape index (κ2) is 7.19. The van der Waals surface area contributed by atoms with Crippen LogP contribution in [-0.2, 0) is 9.59 Å². The van der Waals surface area contributed by atoms with E-state index in [2.05, 4.69) is 10.8 Å². The molecule has 0 N–H and O–H groups in total. The van der Waals surface area contributed by atoms with Gasteiger partial charge in [0.15, 0.2) is 11.6 Å². The van der Waals surface area contributed by atoms with Gasteiger partial charge in [-0.05, 0) is 12.1 Å². The second-order valence-electron chi connectivity index (χ2n) is 6.31. The lowest BCUT2D eigenvalue weighted by Gasteiger charge is -2.35. The lowest BCUT2D eigenvalue weighted by Crippen LogP contribution is -2.50. The highest BCUT2D eigenvalue weighted by molar-refractivity contribution is 6.00. The molecule has 2 fully saturated rings. The molecule has 0 unspecified atom stereocenters. The molecule has 0 bridgehead atoms. The summed E-state index contributed by atoms with van der Waals surface area (Å²) in [6.07, 6.45) is 5.38. The van der Waals surface area contributed by atoms with Gasteiger partial charge in [0.1, 0.15) is 0 Å². The monoisotopic (exact) mass is 347 g/mol. The van der Waals surface area contributed by atoms with Crippen LogP contribution < -0.4 is 4.90 Å². The topological polar surface area (TPSA) is 43.9 Å². The molecule has 2 aliphatic rings. The molecular formula is C18H19F2N3O2. The van der Waals surface area contributed by atoms with E-state index in [1.165, 1.54) is 11.0 Å². The van der Waals surface area contributed by atoms with Gasteiger partial charge in [0.05, 0.1) is 12.5 Å². The van der Waals surface area contributed by atoms with Gasteiger partial charge in [-0.2, -0.15) is 0 Å². The van der Waals surface area contributed by atoms with Crippen LogP contribution in [0.4, 0.5) is 14.5 Å². The van der Waals surface area contributed by atoms with E-state index in [0.717, 1.165) is 12.1 Å². The van der Waals surface area contributed by atoms with Gasteiger partial charge >= 0.3 is 0 Å². The van der Waals surface area contributed by atoms with Crippen molar-refractivity contribution in [3.63, 3.8) is 0 Å². The molecule has 2 saturated heterocycles. The first-order valence-electron chi connectivity index (χ1n) is 8.19. The van der Waals surface area contributed by atoms with Crippen molar-refractivity contribution < 1.29 is 18.4 Å². The fraction of sp³-hybridized carbons (Fsp3) is 0.444. The van der Waals surface area contributed by atoms with Gasteiger partial charge in [0.2, 0.25) is 11.8 Å². The first kappa shape index (κ1) is 17.4. The van der Waals surface area contributed by atoms with Gasteiger partial charge in [-0.3, -0.25) is 14.5 Å². The molecule has 5 nitrogen and oxygen atoms in total. The van der Waals surface area contributed by atoms with E-state index in [-0.39, 0.29) is 30.5 Å². The Hall–Kier alpha value is -2.46. The van der Waals surface area contributed by atoms with E-state index in [4.69, 9.17) is 6.42 Å². The summed E-state index contributed by atoms with van der Waals surface area (Å²) in [5.41, 5.74) is 0.276. The molecule has 1 atom stereocenters. The summed E-state index contributed by atoms with van der Waals surface area (Å²) in [6, 6.07) is 3.32. The normalized spacial score (nSPS) is 21.5. The smallest absolute Gasteiger partial charge is 0.228 e. The van der Waals surface area contributed by atoms with Crippen molar-refractivity contribution in [3.8, 4) is 12.3 Å². The molecule has 1 aromatic carbocycles. The molecule has 0 saturated carbocycles. The number of hydrogen-bond acceptors (Lipinski definition) is 3. The molecule has 25 heavy (non-hydrogen) atoms. The van der Waals surface area contributed by atoms with Crippen molar-refractivity contribution in [1.29, 1.82) is 0 Å². The maximum atomic E-state index is 13.4. The first-order chi connectivity index (χ1) is 12.0. The van der Waals surface area contributed by atoms with E-state index in [1.807, 2.05) is 0 Å². The van der Waals surface area contributed by atoms with Gasteiger partial charge in [-0.15, -0.1) is 6.42 Å². The van der Waals surface area contributed by atoms with Gasteiger partial charge < -0.3 is 9.80 Å². The summed E-state index contributed by atoms with van der Waals surface area (Å²) in [5.74, 6) is -0.169. The minimum Gasteiger partial charge on any atom is -0.340 e. The first-order valence-corrected chi connectivity index (χ1v) is 8.19. The number of nitrogens with zero attached hydrogens (tertiary/aromatic N) is 3. The molecule has 0 aromatic heterocycles. The Bertz CT molecular complexity index is 724. The van der Waals surface area contributed by atoms with Crippen molar-refractivity contribution >= 4 is 17.5 Å². The predicted molar refractivity (Wildman–Crippen MR) is 88.7 cm³/mol. The highest BCUT2D eigenvalue weighted by atomic mass is 19.2. The third-order valence-corrected chi connectivity index (χ3v) is 4.69. The van der Waals surface area contributed by atoms with Gasteiger partial charge in [-0.25, -0.2) is 8.78 Å². The quantitative estimate of drug-likeness (QED) is 0.769. The Morgan fingerprint density at radius 1 is 1.20 bits per heavy atom. The third-order valence-electron chi connectivity index (χ3n) is 4.69. The van der Waals surface area contributed by atoms with E-state index < -0.39 is 17.6 Å². The number of halogens is 2. The fourth-order valence-electron chi connectivity index (χ4n) is 3.29. The Balaban J connectivity index is 1.63. The average Bonchev–Trinajstić information content (AvgIpc) is 2.99. The minimum atomic E-state index is -1.01. The number of carbonyl (C=O) groups excluding carboxylic acids is 2. The summed E-state index contributed by atoms with van der Waals surface area (Å²) in [7, 11) is 0. The predicted octanol–water partition coefficient (Wildman–Crippen LogP) is 1.10. The summed E-state index contributed by atoms with van der Waals surface area (Å²) in [4.78, 5) is 30.1. The number of terminal acetylenes is 1. The molecule has 2 amide bonds. The second-order valence-corrected chi connectivity index (χ2v) is 6.31. The van der Waals surface area contributed by atoms with Crippen molar-refractivity contribution in [1.82, 2.24) is 9.80 Å². The minimum absolute atomic E-state index is 0.0706. The Kier molecular flexibility index (Phi) is 5.00. The molecule has 3 rings (SSSR count). The van der Waals surface area contributed by atoms with Gasteiger partial charge in [0.25, 0.3) is 0 Å². The summed E-state index contributed by atoms with van der Waals surface area (Å²) < 4.78 is 26.5. The highest BCUT2D eigenvalue weighted by Gasteiger charge is 2.38. The molecule has 0 aliphatic carbocycles. The summed E-state index contributed by atoms with van der Waals surface area (Å²) in [6.45, 7) is 3.33. The van der Waals surface area contributed by atoms with Crippen LogP contribution in [0.15, 0.2) is 18.2 Å². The fourth-order valence-corrected chi connectivity index (χ4v) is 3.29. The molecule has 0 spiro atoms. The van der Waals surface area contributed by atoms with E-state index in [1.54, 1.807) is 4.90 Å². The lowest BCUT2D eigenvalue weighted by atomic mass is 10.1. The van der Waals surface area contributed by atoms with Crippen molar-refractivity contribution in [3.05, 3.63) is 29.8 Å². The maximum absolute atomic E-state index is 13.4. The van der Waals surface area contributed by atoms with E-state index in [9.17, 15) is 18.4 Å². The molecule has 132 valence electrons. The van der Waals surface area contributed by atoms with Crippen LogP contribution in [0.1, 0.15) is 6.42 Å². The number of hydrogen-bond donors (Lipinski definition) is 0. The molecule has 7 heteroatoms. The zero-order valence-corrected chi connectivity index (χ0v) is 13.8. The van der Waals surface area contributed by atoms with Crippen LogP contribution in [-0.4, -0.2) is 60.9 Å². The Morgan fingerprint density at radius 3 is 2.56 bits per heavy atom. The highest BCUT2D eigenvalue weighted by Crippen LogP contribution is 2.27. The summed E-state index contributed by atoms with van der Waals surface area (Å²) >= 11 is 0. The number of rotatable bonds is 3. The number of carbonyl (C=O) groups is 2. The lowest BCUT2D eigenvalue weighted by molar-refractivity contribution is -0.137. The molecule has 2 aliphatic heterocycles. The molecule has 0 radical (unpaired) electrons. The number of piperazine rings is 1. The van der Waals surface area contributed by atoms with Crippen LogP contribution in [0.25, 0.3) is 0 Å². The maximum Gasteiger partial charge on any atom is 0.228 e. The number of benzene rings is 1. The SMILES string of the molecule is C#CCN1CCN(C(=O)[C@H]2CC(=O)N(c3ccc(F)c(F)c3)C2)CC1. The van der Waals surface area contributed by atoms with E-state index >= 15 is 0 Å². The molecule has 2 heterocycles. The third kappa shape index (κ3) is 3.64. The standard InChI is InChI=1S/C18H19F2N3O2/c1-2-5-21-6-8-22(9-7-21)18(25)13-10-17(24)23(12-13)14-3-4-15(19)16(20)11-14/h1,3-4,11,13H,5-10,12H2/t13-/m0/s1. The van der Waals surface area contributed by atoms with Gasteiger partial charge in [0, 0.05) is 50.9 Å². The van der Waals surface area contributed by atoms with Crippen molar-refractivity contribution in [2.24, 2.45) is 5.92 Å². The Morgan fingerprint density at radius 2 is 1.92 bits per heavy atom. The van der Waals surface area contributed by atoms with Gasteiger partial charge in [-0.1, -0.05) is 5.92 Å². The zero-order valence-electron chi connectivity index (χ0n) is 13.8. The molecule has 1 aromatic rings. The average molecular weight is 347 g/mol. The Labute approximate surface area is 145 Å². The largest absolute Gasteiger partial charge is 0.340 e.